The lowest BCUT2D eigenvalue weighted by Crippen LogP contribution is -2.42. The third-order valence-corrected chi connectivity index (χ3v) is 7.77. The van der Waals surface area contributed by atoms with E-state index in [-0.39, 0.29) is 24.0 Å². The molecule has 7 heteroatoms. The lowest BCUT2D eigenvalue weighted by molar-refractivity contribution is -0.116. The van der Waals surface area contributed by atoms with E-state index in [0.717, 1.165) is 43.6 Å². The van der Waals surface area contributed by atoms with Gasteiger partial charge in [0, 0.05) is 37.3 Å². The van der Waals surface area contributed by atoms with Crippen LogP contribution in [-0.2, 0) is 21.2 Å². The van der Waals surface area contributed by atoms with Crippen molar-refractivity contribution in [2.24, 2.45) is 0 Å². The van der Waals surface area contributed by atoms with Gasteiger partial charge in [0.05, 0.1) is 4.90 Å². The molecule has 0 spiro atoms. The predicted molar refractivity (Wildman–Crippen MR) is 96.1 cm³/mol. The van der Waals surface area contributed by atoms with E-state index in [9.17, 15) is 13.2 Å². The first-order chi connectivity index (χ1) is 11.9. The summed E-state index contributed by atoms with van der Waals surface area (Å²) in [5.41, 5.74) is 1.79. The summed E-state index contributed by atoms with van der Waals surface area (Å²) in [5.74, 6) is -0.00139. The van der Waals surface area contributed by atoms with Crippen molar-refractivity contribution in [3.63, 3.8) is 0 Å². The normalized spacial score (nSPS) is 29.5. The maximum Gasteiger partial charge on any atom is 0.243 e. The lowest BCUT2D eigenvalue weighted by Gasteiger charge is -2.27. The summed E-state index contributed by atoms with van der Waals surface area (Å²) in [5, 5.41) is 3.35. The molecule has 0 radical (unpaired) electrons. The zero-order valence-electron chi connectivity index (χ0n) is 14.7. The minimum atomic E-state index is -3.51. The fourth-order valence-corrected chi connectivity index (χ4v) is 6.65. The van der Waals surface area contributed by atoms with Crippen LogP contribution < -0.4 is 10.2 Å². The molecule has 3 unspecified atom stereocenters. The van der Waals surface area contributed by atoms with Gasteiger partial charge < -0.3 is 10.2 Å². The number of nitrogens with one attached hydrogen (secondary N) is 1. The first-order valence-corrected chi connectivity index (χ1v) is 10.5. The smallest absolute Gasteiger partial charge is 0.243 e. The van der Waals surface area contributed by atoms with Crippen LogP contribution in [0.4, 0.5) is 5.69 Å². The average molecular weight is 363 g/mol. The molecule has 6 nitrogen and oxygen atoms in total. The summed E-state index contributed by atoms with van der Waals surface area (Å²) in [7, 11) is -3.51. The number of anilines is 1. The van der Waals surface area contributed by atoms with Gasteiger partial charge in [-0.1, -0.05) is 0 Å². The number of benzene rings is 1. The largest absolute Gasteiger partial charge is 0.315 e. The Morgan fingerprint density at radius 2 is 1.96 bits per heavy atom. The quantitative estimate of drug-likeness (QED) is 0.865. The van der Waals surface area contributed by atoms with E-state index >= 15 is 0 Å². The molecule has 1 aromatic carbocycles. The Kier molecular flexibility index (Phi) is 4.13. The van der Waals surface area contributed by atoms with Crippen molar-refractivity contribution < 1.29 is 13.2 Å². The topological polar surface area (TPSA) is 69.7 Å². The molecule has 3 aliphatic rings. The second kappa shape index (κ2) is 6.07. The molecule has 25 heavy (non-hydrogen) atoms. The number of nitrogens with zero attached hydrogens (tertiary/aromatic N) is 2. The summed E-state index contributed by atoms with van der Waals surface area (Å²) < 4.78 is 28.4. The lowest BCUT2D eigenvalue weighted by atomic mass is 10.1. The second-order valence-corrected chi connectivity index (χ2v) is 9.29. The number of hydrogen-bond donors (Lipinski definition) is 1. The SMILES string of the molecule is CC(=O)N1c2ccc(S(=O)(=O)N3C4CCNCC3CC4)cc2CC1C. The Labute approximate surface area is 149 Å². The molecule has 2 bridgehead atoms. The van der Waals surface area contributed by atoms with Gasteiger partial charge in [0.1, 0.15) is 0 Å². The van der Waals surface area contributed by atoms with Crippen LogP contribution in [-0.4, -0.2) is 49.8 Å². The van der Waals surface area contributed by atoms with Gasteiger partial charge in [0.25, 0.3) is 0 Å². The maximum absolute atomic E-state index is 13.3. The molecule has 1 amide bonds. The van der Waals surface area contributed by atoms with Crippen molar-refractivity contribution in [3.05, 3.63) is 23.8 Å². The van der Waals surface area contributed by atoms with Crippen LogP contribution in [0.3, 0.4) is 0 Å². The van der Waals surface area contributed by atoms with E-state index < -0.39 is 10.0 Å². The summed E-state index contributed by atoms with van der Waals surface area (Å²) in [6.07, 6.45) is 3.45. The molecule has 136 valence electrons. The number of carbonyl (C=O) groups excluding carboxylic acids is 1. The van der Waals surface area contributed by atoms with Crippen molar-refractivity contribution in [2.75, 3.05) is 18.0 Å². The second-order valence-electron chi connectivity index (χ2n) is 7.45. The number of rotatable bonds is 2. The van der Waals surface area contributed by atoms with Gasteiger partial charge in [-0.05, 0) is 62.9 Å². The summed E-state index contributed by atoms with van der Waals surface area (Å²) in [4.78, 5) is 14.0. The average Bonchev–Trinajstić information content (AvgIpc) is 3.01. The molecule has 3 heterocycles. The molecular weight excluding hydrogens is 338 g/mol. The van der Waals surface area contributed by atoms with Gasteiger partial charge in [0.15, 0.2) is 0 Å². The predicted octanol–water partition coefficient (Wildman–Crippen LogP) is 1.50. The molecular formula is C18H25N3O3S. The Morgan fingerprint density at radius 3 is 2.72 bits per heavy atom. The van der Waals surface area contributed by atoms with Crippen molar-refractivity contribution in [3.8, 4) is 0 Å². The van der Waals surface area contributed by atoms with Gasteiger partial charge in [0.2, 0.25) is 15.9 Å². The molecule has 3 atom stereocenters. The standard InChI is InChI=1S/C18H25N3O3S/c1-12-9-14-10-17(5-6-18(14)20(12)13(2)22)25(23,24)21-15-3-4-16(21)11-19-8-7-15/h5-6,10,12,15-16,19H,3-4,7-9,11H2,1-2H3. The Hall–Kier alpha value is -1.44. The van der Waals surface area contributed by atoms with E-state index in [0.29, 0.717) is 11.3 Å². The van der Waals surface area contributed by atoms with Crippen LogP contribution in [0.15, 0.2) is 23.1 Å². The molecule has 0 aromatic heterocycles. The minimum absolute atomic E-state index is 0.00139. The van der Waals surface area contributed by atoms with E-state index in [2.05, 4.69) is 5.32 Å². The van der Waals surface area contributed by atoms with Crippen molar-refractivity contribution >= 4 is 21.6 Å². The molecule has 3 aliphatic heterocycles. The number of sulfonamides is 1. The van der Waals surface area contributed by atoms with Crippen molar-refractivity contribution in [1.82, 2.24) is 9.62 Å². The zero-order valence-corrected chi connectivity index (χ0v) is 15.6. The van der Waals surface area contributed by atoms with Crippen LogP contribution >= 0.6 is 0 Å². The van der Waals surface area contributed by atoms with Crippen molar-refractivity contribution in [2.45, 2.75) is 62.6 Å². The van der Waals surface area contributed by atoms with Crippen LogP contribution in [0.1, 0.15) is 38.7 Å². The molecule has 0 aliphatic carbocycles. The molecule has 4 rings (SSSR count). The third-order valence-electron chi connectivity index (χ3n) is 5.77. The van der Waals surface area contributed by atoms with Gasteiger partial charge in [-0.15, -0.1) is 0 Å². The fraction of sp³-hybridized carbons (Fsp3) is 0.611. The van der Waals surface area contributed by atoms with Gasteiger partial charge in [-0.25, -0.2) is 8.42 Å². The minimum Gasteiger partial charge on any atom is -0.315 e. The molecule has 0 saturated carbocycles. The van der Waals surface area contributed by atoms with Crippen LogP contribution in [0.25, 0.3) is 0 Å². The maximum atomic E-state index is 13.3. The molecule has 1 aromatic rings. The molecule has 2 fully saturated rings. The summed E-state index contributed by atoms with van der Waals surface area (Å²) >= 11 is 0. The number of carbonyl (C=O) groups is 1. The highest BCUT2D eigenvalue weighted by atomic mass is 32.2. The third kappa shape index (κ3) is 2.69. The Balaban J connectivity index is 1.71. The van der Waals surface area contributed by atoms with Crippen LogP contribution in [0.2, 0.25) is 0 Å². The highest BCUT2D eigenvalue weighted by Gasteiger charge is 2.43. The Bertz CT molecular complexity index is 794. The number of hydrogen-bond acceptors (Lipinski definition) is 4. The van der Waals surface area contributed by atoms with Crippen LogP contribution in [0.5, 0.6) is 0 Å². The van der Waals surface area contributed by atoms with Gasteiger partial charge in [-0.2, -0.15) is 4.31 Å². The van der Waals surface area contributed by atoms with E-state index in [4.69, 9.17) is 0 Å². The highest BCUT2D eigenvalue weighted by molar-refractivity contribution is 7.89. The van der Waals surface area contributed by atoms with Crippen LogP contribution in [0, 0.1) is 0 Å². The molecule has 2 saturated heterocycles. The Morgan fingerprint density at radius 1 is 1.20 bits per heavy atom. The van der Waals surface area contributed by atoms with E-state index in [1.807, 2.05) is 6.92 Å². The highest BCUT2D eigenvalue weighted by Crippen LogP contribution is 2.37. The molecule has 1 N–H and O–H groups in total. The fourth-order valence-electron chi connectivity index (χ4n) is 4.70. The number of fused-ring (bicyclic) bond motifs is 3. The number of amides is 1. The summed E-state index contributed by atoms with van der Waals surface area (Å²) in [6, 6.07) is 5.47. The van der Waals surface area contributed by atoms with Crippen molar-refractivity contribution in [1.29, 1.82) is 0 Å². The van der Waals surface area contributed by atoms with E-state index in [1.54, 1.807) is 34.3 Å². The van der Waals surface area contributed by atoms with Gasteiger partial charge in [-0.3, -0.25) is 4.79 Å². The van der Waals surface area contributed by atoms with Gasteiger partial charge >= 0.3 is 0 Å². The van der Waals surface area contributed by atoms with E-state index in [1.165, 1.54) is 0 Å². The first kappa shape index (κ1) is 17.0. The first-order valence-electron chi connectivity index (χ1n) is 9.06. The monoisotopic (exact) mass is 363 g/mol. The summed E-state index contributed by atoms with van der Waals surface area (Å²) in [6.45, 7) is 5.16. The zero-order chi connectivity index (χ0) is 17.8.